The van der Waals surface area contributed by atoms with Crippen molar-refractivity contribution in [1.29, 1.82) is 0 Å². The standard InChI is InChI=1S/C7H3ClF2N2O3/c8-6(13)3-2-11-4(7(9)10)1-5(3)12(14)15/h1-2,7H. The lowest BCUT2D eigenvalue weighted by Crippen LogP contribution is -2.02. The van der Waals surface area contributed by atoms with Gasteiger partial charge in [0.05, 0.1) is 4.92 Å². The molecule has 80 valence electrons. The third kappa shape index (κ3) is 2.44. The first-order chi connectivity index (χ1) is 6.93. The van der Waals surface area contributed by atoms with E-state index in [9.17, 15) is 23.7 Å². The van der Waals surface area contributed by atoms with E-state index >= 15 is 0 Å². The highest BCUT2D eigenvalue weighted by Crippen LogP contribution is 2.25. The fourth-order valence-electron chi connectivity index (χ4n) is 0.882. The highest BCUT2D eigenvalue weighted by Gasteiger charge is 2.22. The summed E-state index contributed by atoms with van der Waals surface area (Å²) in [5.41, 5.74) is -2.06. The van der Waals surface area contributed by atoms with Crippen molar-refractivity contribution in [2.75, 3.05) is 0 Å². The van der Waals surface area contributed by atoms with Gasteiger partial charge in [-0.1, -0.05) is 0 Å². The monoisotopic (exact) mass is 236 g/mol. The molecule has 0 aromatic carbocycles. The summed E-state index contributed by atoms with van der Waals surface area (Å²) < 4.78 is 24.3. The number of nitrogens with zero attached hydrogens (tertiary/aromatic N) is 2. The molecule has 1 aromatic rings. The Morgan fingerprint density at radius 2 is 2.20 bits per heavy atom. The number of alkyl halides is 2. The Balaban J connectivity index is 3.33. The normalized spacial score (nSPS) is 10.4. The zero-order valence-electron chi connectivity index (χ0n) is 6.99. The van der Waals surface area contributed by atoms with Crippen molar-refractivity contribution in [2.45, 2.75) is 6.43 Å². The number of halogens is 3. The van der Waals surface area contributed by atoms with Crippen LogP contribution in [0.3, 0.4) is 0 Å². The van der Waals surface area contributed by atoms with Gasteiger partial charge in [0.15, 0.2) is 0 Å². The molecule has 0 aliphatic rings. The molecule has 0 saturated heterocycles. The number of carbonyl (C=O) groups is 1. The van der Waals surface area contributed by atoms with Gasteiger partial charge in [-0.2, -0.15) is 0 Å². The fourth-order valence-corrected chi connectivity index (χ4v) is 1.03. The zero-order valence-corrected chi connectivity index (χ0v) is 7.74. The Bertz CT molecular complexity index is 425. The van der Waals surface area contributed by atoms with E-state index in [1.165, 1.54) is 0 Å². The van der Waals surface area contributed by atoms with Crippen molar-refractivity contribution in [1.82, 2.24) is 4.98 Å². The molecular weight excluding hydrogens is 234 g/mol. The molecule has 0 unspecified atom stereocenters. The van der Waals surface area contributed by atoms with Gasteiger partial charge in [0.2, 0.25) is 0 Å². The minimum absolute atomic E-state index is 0.508. The van der Waals surface area contributed by atoms with Crippen molar-refractivity contribution < 1.29 is 18.5 Å². The molecule has 0 amide bonds. The van der Waals surface area contributed by atoms with E-state index in [1.807, 2.05) is 0 Å². The lowest BCUT2D eigenvalue weighted by atomic mass is 10.2. The van der Waals surface area contributed by atoms with Gasteiger partial charge in [-0.15, -0.1) is 0 Å². The lowest BCUT2D eigenvalue weighted by Gasteiger charge is -2.00. The molecule has 1 rings (SSSR count). The van der Waals surface area contributed by atoms with Crippen LogP contribution >= 0.6 is 11.6 Å². The second-order valence-electron chi connectivity index (χ2n) is 2.46. The molecule has 0 fully saturated rings. The first-order valence-corrected chi connectivity index (χ1v) is 3.93. The average molecular weight is 237 g/mol. The topological polar surface area (TPSA) is 73.1 Å². The maximum absolute atomic E-state index is 12.1. The van der Waals surface area contributed by atoms with E-state index < -0.39 is 33.5 Å². The molecule has 0 N–H and O–H groups in total. The van der Waals surface area contributed by atoms with E-state index in [1.54, 1.807) is 0 Å². The number of pyridine rings is 1. The zero-order chi connectivity index (χ0) is 11.6. The summed E-state index contributed by atoms with van der Waals surface area (Å²) in [6.45, 7) is 0. The van der Waals surface area contributed by atoms with Crippen LogP contribution < -0.4 is 0 Å². The summed E-state index contributed by atoms with van der Waals surface area (Å²) >= 11 is 5.01. The Morgan fingerprint density at radius 3 is 2.60 bits per heavy atom. The number of hydrogen-bond donors (Lipinski definition) is 0. The minimum Gasteiger partial charge on any atom is -0.275 e. The molecule has 8 heteroatoms. The van der Waals surface area contributed by atoms with Gasteiger partial charge < -0.3 is 0 Å². The minimum atomic E-state index is -2.94. The van der Waals surface area contributed by atoms with Crippen molar-refractivity contribution >= 4 is 22.5 Å². The Morgan fingerprint density at radius 1 is 1.60 bits per heavy atom. The second-order valence-corrected chi connectivity index (χ2v) is 2.80. The first kappa shape index (κ1) is 11.4. The van der Waals surface area contributed by atoms with Gasteiger partial charge in [0.25, 0.3) is 17.4 Å². The lowest BCUT2D eigenvalue weighted by molar-refractivity contribution is -0.385. The van der Waals surface area contributed by atoms with Gasteiger partial charge >= 0.3 is 0 Å². The third-order valence-corrected chi connectivity index (χ3v) is 1.74. The van der Waals surface area contributed by atoms with Gasteiger partial charge in [-0.05, 0) is 11.6 Å². The highest BCUT2D eigenvalue weighted by molar-refractivity contribution is 6.68. The predicted octanol–water partition coefficient (Wildman–Crippen LogP) is 2.31. The molecule has 1 heterocycles. The smallest absolute Gasteiger partial charge is 0.275 e. The van der Waals surface area contributed by atoms with Gasteiger partial charge in [-0.3, -0.25) is 19.9 Å². The van der Waals surface area contributed by atoms with Crippen molar-refractivity contribution in [2.24, 2.45) is 0 Å². The van der Waals surface area contributed by atoms with Crippen molar-refractivity contribution in [3.63, 3.8) is 0 Å². The van der Waals surface area contributed by atoms with E-state index in [0.717, 1.165) is 0 Å². The molecule has 5 nitrogen and oxygen atoms in total. The van der Waals surface area contributed by atoms with Crippen LogP contribution in [0, 0.1) is 10.1 Å². The van der Waals surface area contributed by atoms with E-state index in [-0.39, 0.29) is 0 Å². The van der Waals surface area contributed by atoms with Gasteiger partial charge in [0.1, 0.15) is 11.3 Å². The summed E-state index contributed by atoms with van der Waals surface area (Å²) in [5.74, 6) is 0. The number of carbonyl (C=O) groups excluding carboxylic acids is 1. The molecule has 15 heavy (non-hydrogen) atoms. The van der Waals surface area contributed by atoms with E-state index in [0.29, 0.717) is 12.3 Å². The summed E-state index contributed by atoms with van der Waals surface area (Å²) in [6.07, 6.45) is -2.28. The van der Waals surface area contributed by atoms with E-state index in [2.05, 4.69) is 4.98 Å². The molecule has 0 atom stereocenters. The summed E-state index contributed by atoms with van der Waals surface area (Å²) in [6, 6.07) is 0.528. The van der Waals surface area contributed by atoms with Crippen LogP contribution in [0.2, 0.25) is 0 Å². The second kappa shape index (κ2) is 4.26. The highest BCUT2D eigenvalue weighted by atomic mass is 35.5. The maximum Gasteiger partial charge on any atom is 0.285 e. The molecule has 0 radical (unpaired) electrons. The van der Waals surface area contributed by atoms with Gasteiger partial charge in [-0.25, -0.2) is 8.78 Å². The quantitative estimate of drug-likeness (QED) is 0.459. The largest absolute Gasteiger partial charge is 0.285 e. The van der Waals surface area contributed by atoms with Gasteiger partial charge in [0, 0.05) is 12.3 Å². The predicted molar refractivity (Wildman–Crippen MR) is 46.0 cm³/mol. The number of aromatic nitrogens is 1. The Kier molecular flexibility index (Phi) is 3.25. The molecular formula is C7H3ClF2N2O3. The Hall–Kier alpha value is -1.63. The van der Waals surface area contributed by atoms with Crippen LogP contribution in [-0.2, 0) is 0 Å². The van der Waals surface area contributed by atoms with Crippen LogP contribution in [0.25, 0.3) is 0 Å². The van der Waals surface area contributed by atoms with Crippen LogP contribution in [0.1, 0.15) is 22.5 Å². The van der Waals surface area contributed by atoms with Crippen LogP contribution in [0.15, 0.2) is 12.3 Å². The molecule has 0 saturated carbocycles. The maximum atomic E-state index is 12.1. The average Bonchev–Trinajstić information content (AvgIpc) is 2.16. The SMILES string of the molecule is O=C(Cl)c1cnc(C(F)F)cc1[N+](=O)[O-]. The molecule has 0 aliphatic carbocycles. The Labute approximate surface area is 86.8 Å². The van der Waals surface area contributed by atoms with Crippen LogP contribution in [0.4, 0.5) is 14.5 Å². The molecule has 1 aromatic heterocycles. The third-order valence-electron chi connectivity index (χ3n) is 1.54. The van der Waals surface area contributed by atoms with Crippen molar-refractivity contribution in [3.8, 4) is 0 Å². The number of hydrogen-bond acceptors (Lipinski definition) is 4. The van der Waals surface area contributed by atoms with E-state index in [4.69, 9.17) is 11.6 Å². The first-order valence-electron chi connectivity index (χ1n) is 3.55. The summed E-state index contributed by atoms with van der Waals surface area (Å²) in [5, 5.41) is 9.31. The summed E-state index contributed by atoms with van der Waals surface area (Å²) in [4.78, 5) is 23.3. The van der Waals surface area contributed by atoms with Crippen LogP contribution in [0.5, 0.6) is 0 Å². The van der Waals surface area contributed by atoms with Crippen molar-refractivity contribution in [3.05, 3.63) is 33.6 Å². The molecule has 0 aliphatic heterocycles. The number of rotatable bonds is 3. The summed E-state index contributed by atoms with van der Waals surface area (Å²) in [7, 11) is 0. The molecule has 0 spiro atoms. The number of nitro groups is 1. The van der Waals surface area contributed by atoms with Crippen LogP contribution in [-0.4, -0.2) is 15.1 Å². The molecule has 0 bridgehead atoms. The fraction of sp³-hybridized carbons (Fsp3) is 0.143.